The molecule has 0 radical (unpaired) electrons. The molecule has 1 aromatic heterocycles. The van der Waals surface area contributed by atoms with E-state index in [9.17, 15) is 0 Å². The lowest BCUT2D eigenvalue weighted by molar-refractivity contribution is 0.641. The molecule has 0 aliphatic carbocycles. The lowest BCUT2D eigenvalue weighted by atomic mass is 10.2. The fourth-order valence-corrected chi connectivity index (χ4v) is 2.13. The Morgan fingerprint density at radius 3 is 3.13 bits per heavy atom. The summed E-state index contributed by atoms with van der Waals surface area (Å²) >= 11 is 1.56. The van der Waals surface area contributed by atoms with Crippen molar-refractivity contribution in [3.8, 4) is 6.07 Å². The van der Waals surface area contributed by atoms with E-state index in [0.29, 0.717) is 13.1 Å². The highest BCUT2D eigenvalue weighted by molar-refractivity contribution is 7.10. The Bertz CT molecular complexity index is 399. The van der Waals surface area contributed by atoms with E-state index in [1.807, 2.05) is 18.4 Å². The minimum Gasteiger partial charge on any atom is -0.297 e. The van der Waals surface area contributed by atoms with Crippen LogP contribution in [0.25, 0.3) is 10.4 Å². The minimum atomic E-state index is -0.307. The molecule has 1 N–H and O–H groups in total. The largest absolute Gasteiger partial charge is 0.297 e. The molecule has 0 aliphatic rings. The highest BCUT2D eigenvalue weighted by atomic mass is 32.1. The number of thiophene rings is 1. The smallest absolute Gasteiger partial charge is 0.130 e. The van der Waals surface area contributed by atoms with Crippen LogP contribution in [0.15, 0.2) is 16.6 Å². The Morgan fingerprint density at radius 1 is 1.80 bits per heavy atom. The SMILES string of the molecule is Cc1ccsc1C(C#N)NCCN=[N+]=[N-]. The molecule has 5 nitrogen and oxygen atoms in total. The molecule has 0 amide bonds. The molecule has 0 bridgehead atoms. The Hall–Kier alpha value is -1.54. The third kappa shape index (κ3) is 3.26. The van der Waals surface area contributed by atoms with Crippen molar-refractivity contribution in [2.24, 2.45) is 5.11 Å². The molecule has 6 heteroatoms. The van der Waals surface area contributed by atoms with Gasteiger partial charge in [-0.05, 0) is 29.5 Å². The van der Waals surface area contributed by atoms with Gasteiger partial charge in [-0.1, -0.05) is 5.11 Å². The van der Waals surface area contributed by atoms with E-state index in [0.717, 1.165) is 10.4 Å². The molecule has 0 fully saturated rings. The molecule has 1 aromatic rings. The second-order valence-electron chi connectivity index (χ2n) is 2.94. The molecule has 15 heavy (non-hydrogen) atoms. The average molecular weight is 221 g/mol. The number of hydrogen-bond donors (Lipinski definition) is 1. The highest BCUT2D eigenvalue weighted by Gasteiger charge is 2.12. The van der Waals surface area contributed by atoms with Gasteiger partial charge in [-0.3, -0.25) is 5.32 Å². The molecule has 1 unspecified atom stereocenters. The lowest BCUT2D eigenvalue weighted by Crippen LogP contribution is -2.22. The normalized spacial score (nSPS) is 11.5. The predicted molar refractivity (Wildman–Crippen MR) is 59.4 cm³/mol. The van der Waals surface area contributed by atoms with Crippen molar-refractivity contribution < 1.29 is 0 Å². The fourth-order valence-electron chi connectivity index (χ4n) is 1.18. The first-order chi connectivity index (χ1) is 7.29. The maximum atomic E-state index is 8.97. The molecule has 1 atom stereocenters. The third-order valence-corrected chi connectivity index (χ3v) is 3.00. The second-order valence-corrected chi connectivity index (χ2v) is 3.89. The summed E-state index contributed by atoms with van der Waals surface area (Å²) < 4.78 is 0. The lowest BCUT2D eigenvalue weighted by Gasteiger charge is -2.09. The number of aryl methyl sites for hydroxylation is 1. The number of nitriles is 1. The standard InChI is InChI=1S/C9H11N5S/c1-7-2-5-15-9(7)8(6-10)12-3-4-13-14-11/h2,5,8,12H,3-4H2,1H3. The van der Waals surface area contributed by atoms with Crippen molar-refractivity contribution in [3.63, 3.8) is 0 Å². The summed E-state index contributed by atoms with van der Waals surface area (Å²) in [5.41, 5.74) is 9.20. The third-order valence-electron chi connectivity index (χ3n) is 1.92. The molecular weight excluding hydrogens is 210 g/mol. The van der Waals surface area contributed by atoms with E-state index >= 15 is 0 Å². The summed E-state index contributed by atoms with van der Waals surface area (Å²) in [5.74, 6) is 0. The van der Waals surface area contributed by atoms with E-state index in [-0.39, 0.29) is 6.04 Å². The summed E-state index contributed by atoms with van der Waals surface area (Å²) in [6.07, 6.45) is 0. The number of nitrogens with one attached hydrogen (secondary N) is 1. The zero-order chi connectivity index (χ0) is 11.1. The van der Waals surface area contributed by atoms with Crippen LogP contribution in [0, 0.1) is 18.3 Å². The molecule has 0 aromatic carbocycles. The van der Waals surface area contributed by atoms with Gasteiger partial charge in [0.15, 0.2) is 0 Å². The van der Waals surface area contributed by atoms with E-state index in [4.69, 9.17) is 10.8 Å². The van der Waals surface area contributed by atoms with Gasteiger partial charge < -0.3 is 0 Å². The average Bonchev–Trinajstić information content (AvgIpc) is 2.65. The van der Waals surface area contributed by atoms with Gasteiger partial charge in [0, 0.05) is 22.9 Å². The summed E-state index contributed by atoms with van der Waals surface area (Å²) in [6.45, 7) is 2.85. The van der Waals surface area contributed by atoms with Crippen molar-refractivity contribution >= 4 is 11.3 Å². The maximum Gasteiger partial charge on any atom is 0.130 e. The first-order valence-corrected chi connectivity index (χ1v) is 5.35. The number of rotatable bonds is 5. The van der Waals surface area contributed by atoms with Crippen LogP contribution in [-0.4, -0.2) is 13.1 Å². The minimum absolute atomic E-state index is 0.307. The topological polar surface area (TPSA) is 84.6 Å². The molecule has 1 heterocycles. The fraction of sp³-hybridized carbons (Fsp3) is 0.444. The molecule has 0 spiro atoms. The first kappa shape index (κ1) is 11.5. The molecule has 1 rings (SSSR count). The van der Waals surface area contributed by atoms with Crippen molar-refractivity contribution in [1.29, 1.82) is 5.26 Å². The van der Waals surface area contributed by atoms with Gasteiger partial charge in [0.25, 0.3) is 0 Å². The predicted octanol–water partition coefficient (Wildman–Crippen LogP) is 2.52. The molecule has 0 saturated heterocycles. The molecule has 0 aliphatic heterocycles. The number of hydrogen-bond acceptors (Lipinski definition) is 4. The van der Waals surface area contributed by atoms with Gasteiger partial charge in [0.05, 0.1) is 6.07 Å². The van der Waals surface area contributed by atoms with E-state index in [1.54, 1.807) is 11.3 Å². The Labute approximate surface area is 92.0 Å². The summed E-state index contributed by atoms with van der Waals surface area (Å²) in [7, 11) is 0. The second kappa shape index (κ2) is 6.04. The van der Waals surface area contributed by atoms with Crippen LogP contribution < -0.4 is 5.32 Å². The summed E-state index contributed by atoms with van der Waals surface area (Å²) in [4.78, 5) is 3.67. The van der Waals surface area contributed by atoms with Gasteiger partial charge in [-0.25, -0.2) is 0 Å². The van der Waals surface area contributed by atoms with Crippen LogP contribution in [-0.2, 0) is 0 Å². The van der Waals surface area contributed by atoms with Crippen LogP contribution >= 0.6 is 11.3 Å². The Morgan fingerprint density at radius 2 is 2.60 bits per heavy atom. The molecule has 78 valence electrons. The van der Waals surface area contributed by atoms with E-state index in [1.165, 1.54) is 0 Å². The van der Waals surface area contributed by atoms with E-state index in [2.05, 4.69) is 21.4 Å². The van der Waals surface area contributed by atoms with Gasteiger partial charge in [0.2, 0.25) is 0 Å². The van der Waals surface area contributed by atoms with Crippen LogP contribution in [0.3, 0.4) is 0 Å². The van der Waals surface area contributed by atoms with Gasteiger partial charge in [0.1, 0.15) is 6.04 Å². The summed E-state index contributed by atoms with van der Waals surface area (Å²) in [5, 5.41) is 17.4. The van der Waals surface area contributed by atoms with E-state index < -0.39 is 0 Å². The molecule has 0 saturated carbocycles. The first-order valence-electron chi connectivity index (χ1n) is 4.47. The summed E-state index contributed by atoms with van der Waals surface area (Å²) in [6, 6.07) is 3.87. The zero-order valence-corrected chi connectivity index (χ0v) is 9.16. The van der Waals surface area contributed by atoms with Crippen LogP contribution in [0.4, 0.5) is 0 Å². The maximum absolute atomic E-state index is 8.97. The van der Waals surface area contributed by atoms with Crippen LogP contribution in [0.5, 0.6) is 0 Å². The Kier molecular flexibility index (Phi) is 4.64. The quantitative estimate of drug-likeness (QED) is 0.358. The highest BCUT2D eigenvalue weighted by Crippen LogP contribution is 2.22. The van der Waals surface area contributed by atoms with Crippen molar-refractivity contribution in [1.82, 2.24) is 5.32 Å². The monoisotopic (exact) mass is 221 g/mol. The van der Waals surface area contributed by atoms with Crippen molar-refractivity contribution in [2.45, 2.75) is 13.0 Å². The van der Waals surface area contributed by atoms with Gasteiger partial charge >= 0.3 is 0 Å². The van der Waals surface area contributed by atoms with Crippen LogP contribution in [0.1, 0.15) is 16.5 Å². The van der Waals surface area contributed by atoms with Gasteiger partial charge in [-0.2, -0.15) is 5.26 Å². The zero-order valence-electron chi connectivity index (χ0n) is 8.34. The van der Waals surface area contributed by atoms with Crippen molar-refractivity contribution in [2.75, 3.05) is 13.1 Å². The van der Waals surface area contributed by atoms with Crippen LogP contribution in [0.2, 0.25) is 0 Å². The van der Waals surface area contributed by atoms with Gasteiger partial charge in [-0.15, -0.1) is 11.3 Å². The number of azide groups is 1. The Balaban J connectivity index is 2.54. The molecular formula is C9H11N5S. The van der Waals surface area contributed by atoms with Crippen molar-refractivity contribution in [3.05, 3.63) is 32.3 Å². The number of nitrogens with zero attached hydrogens (tertiary/aromatic N) is 4.